The molecular formula is C13H21F3N2O2. The molecule has 1 aliphatic heterocycles. The normalized spacial score (nSPS) is 30.8. The van der Waals surface area contributed by atoms with Crippen molar-refractivity contribution in [2.75, 3.05) is 13.2 Å². The molecule has 4 nitrogen and oxygen atoms in total. The van der Waals surface area contributed by atoms with E-state index in [0.717, 1.165) is 0 Å². The lowest BCUT2D eigenvalue weighted by atomic mass is 9.84. The first-order chi connectivity index (χ1) is 9.31. The fourth-order valence-electron chi connectivity index (χ4n) is 2.91. The van der Waals surface area contributed by atoms with Crippen LogP contribution in [0.2, 0.25) is 0 Å². The minimum Gasteiger partial charge on any atom is -0.381 e. The number of rotatable bonds is 2. The van der Waals surface area contributed by atoms with Gasteiger partial charge in [-0.1, -0.05) is 6.42 Å². The Labute approximate surface area is 116 Å². The van der Waals surface area contributed by atoms with Crippen LogP contribution in [0.5, 0.6) is 0 Å². The Kier molecular flexibility index (Phi) is 4.59. The van der Waals surface area contributed by atoms with E-state index in [1.807, 2.05) is 0 Å². The second kappa shape index (κ2) is 5.89. The van der Waals surface area contributed by atoms with Gasteiger partial charge in [0.15, 0.2) is 0 Å². The number of ether oxygens (including phenoxy) is 1. The maximum atomic E-state index is 12.7. The van der Waals surface area contributed by atoms with Crippen LogP contribution < -0.4 is 11.1 Å². The second-order valence-corrected chi connectivity index (χ2v) is 5.84. The molecular weight excluding hydrogens is 273 g/mol. The Balaban J connectivity index is 1.90. The van der Waals surface area contributed by atoms with Crippen molar-refractivity contribution in [1.29, 1.82) is 0 Å². The number of halogens is 3. The number of alkyl halides is 3. The van der Waals surface area contributed by atoms with Gasteiger partial charge < -0.3 is 15.8 Å². The van der Waals surface area contributed by atoms with Crippen LogP contribution in [0, 0.1) is 5.92 Å². The molecule has 2 fully saturated rings. The van der Waals surface area contributed by atoms with Gasteiger partial charge in [-0.2, -0.15) is 13.2 Å². The van der Waals surface area contributed by atoms with E-state index in [0.29, 0.717) is 38.9 Å². The van der Waals surface area contributed by atoms with Crippen molar-refractivity contribution < 1.29 is 22.7 Å². The van der Waals surface area contributed by atoms with Crippen LogP contribution in [0.1, 0.15) is 38.5 Å². The molecule has 3 N–H and O–H groups in total. The molecule has 1 amide bonds. The lowest BCUT2D eigenvalue weighted by molar-refractivity contribution is -0.184. The SMILES string of the molecule is NC1(C(=O)NC2CCCC(C(F)(F)F)C2)CCOCC1. The van der Waals surface area contributed by atoms with E-state index in [-0.39, 0.29) is 18.7 Å². The van der Waals surface area contributed by atoms with Crippen LogP contribution in [-0.4, -0.2) is 36.9 Å². The molecule has 0 aromatic carbocycles. The van der Waals surface area contributed by atoms with Crippen LogP contribution in [0.15, 0.2) is 0 Å². The zero-order valence-corrected chi connectivity index (χ0v) is 11.3. The highest BCUT2D eigenvalue weighted by atomic mass is 19.4. The van der Waals surface area contributed by atoms with E-state index in [1.54, 1.807) is 0 Å². The van der Waals surface area contributed by atoms with Crippen molar-refractivity contribution in [2.45, 2.75) is 56.3 Å². The Morgan fingerprint density at radius 2 is 1.90 bits per heavy atom. The summed E-state index contributed by atoms with van der Waals surface area (Å²) >= 11 is 0. The standard InChI is InChI=1S/C13H21F3N2O2/c14-13(15,16)9-2-1-3-10(8-9)18-11(19)12(17)4-6-20-7-5-12/h9-10H,1-8,17H2,(H,18,19). The first kappa shape index (κ1) is 15.6. The van der Waals surface area contributed by atoms with Crippen LogP contribution in [0.3, 0.4) is 0 Å². The van der Waals surface area contributed by atoms with Gasteiger partial charge in [0.25, 0.3) is 0 Å². The molecule has 0 radical (unpaired) electrons. The maximum Gasteiger partial charge on any atom is 0.391 e. The zero-order chi connectivity index (χ0) is 14.8. The summed E-state index contributed by atoms with van der Waals surface area (Å²) in [5.41, 5.74) is 5.03. The molecule has 0 aromatic rings. The fraction of sp³-hybridized carbons (Fsp3) is 0.923. The molecule has 7 heteroatoms. The molecule has 1 aliphatic carbocycles. The number of carbonyl (C=O) groups is 1. The van der Waals surface area contributed by atoms with Crippen molar-refractivity contribution >= 4 is 5.91 Å². The van der Waals surface area contributed by atoms with E-state index in [4.69, 9.17) is 10.5 Å². The first-order valence-electron chi connectivity index (χ1n) is 7.05. The quantitative estimate of drug-likeness (QED) is 0.815. The third-order valence-corrected chi connectivity index (χ3v) is 4.31. The van der Waals surface area contributed by atoms with Gasteiger partial charge in [0.2, 0.25) is 5.91 Å². The van der Waals surface area contributed by atoms with E-state index < -0.39 is 23.7 Å². The molecule has 1 saturated heterocycles. The lowest BCUT2D eigenvalue weighted by Gasteiger charge is -2.36. The van der Waals surface area contributed by atoms with Crippen LogP contribution in [0.25, 0.3) is 0 Å². The summed E-state index contributed by atoms with van der Waals surface area (Å²) in [6, 6.07) is -0.425. The van der Waals surface area contributed by atoms with Crippen molar-refractivity contribution in [2.24, 2.45) is 11.7 Å². The van der Waals surface area contributed by atoms with Crippen molar-refractivity contribution in [1.82, 2.24) is 5.32 Å². The number of carbonyl (C=O) groups excluding carboxylic acids is 1. The predicted molar refractivity (Wildman–Crippen MR) is 66.9 cm³/mol. The molecule has 116 valence electrons. The minimum atomic E-state index is -4.18. The summed E-state index contributed by atoms with van der Waals surface area (Å²) < 4.78 is 43.3. The van der Waals surface area contributed by atoms with E-state index in [2.05, 4.69) is 5.32 Å². The molecule has 1 heterocycles. The summed E-state index contributed by atoms with van der Waals surface area (Å²) in [6.45, 7) is 0.833. The van der Waals surface area contributed by atoms with Gasteiger partial charge in [-0.15, -0.1) is 0 Å². The van der Waals surface area contributed by atoms with Crippen molar-refractivity contribution in [3.63, 3.8) is 0 Å². The highest BCUT2D eigenvalue weighted by molar-refractivity contribution is 5.86. The topological polar surface area (TPSA) is 64.4 Å². The number of nitrogens with one attached hydrogen (secondary N) is 1. The number of hydrogen-bond acceptors (Lipinski definition) is 3. The summed E-state index contributed by atoms with van der Waals surface area (Å²) in [6.07, 6.45) is -2.18. The Bertz CT molecular complexity index is 354. The summed E-state index contributed by atoms with van der Waals surface area (Å²) in [7, 11) is 0. The minimum absolute atomic E-state index is 0.0399. The zero-order valence-electron chi connectivity index (χ0n) is 11.3. The van der Waals surface area contributed by atoms with E-state index in [1.165, 1.54) is 0 Å². The second-order valence-electron chi connectivity index (χ2n) is 5.84. The van der Waals surface area contributed by atoms with Crippen molar-refractivity contribution in [3.05, 3.63) is 0 Å². The van der Waals surface area contributed by atoms with Gasteiger partial charge in [0, 0.05) is 19.3 Å². The van der Waals surface area contributed by atoms with E-state index in [9.17, 15) is 18.0 Å². The molecule has 20 heavy (non-hydrogen) atoms. The van der Waals surface area contributed by atoms with Gasteiger partial charge in [0.05, 0.1) is 11.5 Å². The maximum absolute atomic E-state index is 12.7. The Morgan fingerprint density at radius 3 is 2.50 bits per heavy atom. The monoisotopic (exact) mass is 294 g/mol. The fourth-order valence-corrected chi connectivity index (χ4v) is 2.91. The highest BCUT2D eigenvalue weighted by Crippen LogP contribution is 2.37. The highest BCUT2D eigenvalue weighted by Gasteiger charge is 2.43. The summed E-state index contributed by atoms with van der Waals surface area (Å²) in [4.78, 5) is 12.2. The lowest BCUT2D eigenvalue weighted by Crippen LogP contribution is -2.59. The number of nitrogens with two attached hydrogens (primary N) is 1. The largest absolute Gasteiger partial charge is 0.391 e. The van der Waals surface area contributed by atoms with Gasteiger partial charge in [-0.05, 0) is 32.1 Å². The molecule has 0 bridgehead atoms. The average Bonchev–Trinajstić information content (AvgIpc) is 2.39. The number of hydrogen-bond donors (Lipinski definition) is 2. The number of amides is 1. The molecule has 2 aliphatic rings. The van der Waals surface area contributed by atoms with Gasteiger partial charge in [-0.3, -0.25) is 4.79 Å². The van der Waals surface area contributed by atoms with Crippen molar-refractivity contribution in [3.8, 4) is 0 Å². The summed E-state index contributed by atoms with van der Waals surface area (Å²) in [5, 5.41) is 2.71. The Hall–Kier alpha value is -0.820. The van der Waals surface area contributed by atoms with Gasteiger partial charge >= 0.3 is 6.18 Å². The molecule has 0 aromatic heterocycles. The predicted octanol–water partition coefficient (Wildman–Crippen LogP) is 1.73. The van der Waals surface area contributed by atoms with Gasteiger partial charge in [-0.25, -0.2) is 0 Å². The third-order valence-electron chi connectivity index (χ3n) is 4.31. The molecule has 1 saturated carbocycles. The van der Waals surface area contributed by atoms with Crippen LogP contribution >= 0.6 is 0 Å². The summed E-state index contributed by atoms with van der Waals surface area (Å²) in [5.74, 6) is -1.65. The average molecular weight is 294 g/mol. The molecule has 2 atom stereocenters. The smallest absolute Gasteiger partial charge is 0.381 e. The van der Waals surface area contributed by atoms with E-state index >= 15 is 0 Å². The Morgan fingerprint density at radius 1 is 1.25 bits per heavy atom. The van der Waals surface area contributed by atoms with Gasteiger partial charge in [0.1, 0.15) is 0 Å². The first-order valence-corrected chi connectivity index (χ1v) is 7.05. The molecule has 2 rings (SSSR count). The molecule has 0 spiro atoms. The van der Waals surface area contributed by atoms with Crippen LogP contribution in [-0.2, 0) is 9.53 Å². The molecule has 2 unspecified atom stereocenters. The third kappa shape index (κ3) is 3.63. The van der Waals surface area contributed by atoms with Crippen LogP contribution in [0.4, 0.5) is 13.2 Å².